The fourth-order valence-corrected chi connectivity index (χ4v) is 1.34. The highest BCUT2D eigenvalue weighted by Crippen LogP contribution is 2.23. The molecular weight excluding hydrogens is 490 g/mol. The highest BCUT2D eigenvalue weighted by molar-refractivity contribution is 6.50. The third kappa shape index (κ3) is 73.2. The maximum absolute atomic E-state index is 10.4. The lowest BCUT2D eigenvalue weighted by Crippen LogP contribution is -2.47. The summed E-state index contributed by atoms with van der Waals surface area (Å²) in [6, 6.07) is 0. The Morgan fingerprint density at radius 1 is 0.516 bits per heavy atom. The van der Waals surface area contributed by atoms with Gasteiger partial charge in [0, 0.05) is 0 Å². The van der Waals surface area contributed by atoms with Crippen LogP contribution in [-0.4, -0.2) is 65.0 Å². The molecule has 0 spiro atoms. The van der Waals surface area contributed by atoms with Crippen LogP contribution in [0.3, 0.4) is 0 Å². The number of quaternary nitrogens is 1. The first-order valence-corrected chi connectivity index (χ1v) is 8.00. The van der Waals surface area contributed by atoms with Gasteiger partial charge in [0.25, 0.3) is 0 Å². The van der Waals surface area contributed by atoms with Crippen LogP contribution in [0.25, 0.3) is 0 Å². The highest BCUT2D eigenvalue weighted by Gasteiger charge is 2.40. The molecule has 0 aliphatic rings. The molecule has 0 atom stereocenters. The molecule has 1 nitrogen and oxygen atoms in total. The number of hydrogen-bond acceptors (Lipinski definition) is 0. The molecule has 0 radical (unpaired) electrons. The largest absolute Gasteiger partial charge is 0.673 e. The molecule has 0 N–H and O–H groups in total. The van der Waals surface area contributed by atoms with Crippen LogP contribution in [0.1, 0.15) is 27.7 Å². The molecule has 0 fully saturated rings. The lowest BCUT2D eigenvalue weighted by Gasteiger charge is -2.34. The molecule has 0 saturated heterocycles. The summed E-state index contributed by atoms with van der Waals surface area (Å²) < 4.78 is 170. The Labute approximate surface area is 167 Å². The zero-order valence-electron chi connectivity index (χ0n) is 16.5. The van der Waals surface area contributed by atoms with Crippen molar-refractivity contribution in [3.63, 3.8) is 0 Å². The van der Waals surface area contributed by atoms with E-state index in [2.05, 4.69) is 27.7 Å². The Balaban J connectivity index is -0.0000000932. The Hall–Kier alpha value is -1.04. The molecule has 0 aliphatic heterocycles. The standard InChI is InChI=1S/C8H20N.C2HF5.3BF4/c1-5-9(6-2,7-3)8-4;3-1(4)2(5,6)7;3*2-1(3,4)5/h5-8H2,1-4H3;1H;;;/q+1;;3*-1. The molecule has 0 amide bonds. The second-order valence-corrected chi connectivity index (χ2v) is 4.93. The van der Waals surface area contributed by atoms with Crippen molar-refractivity contribution in [3.8, 4) is 0 Å². The van der Waals surface area contributed by atoms with E-state index in [4.69, 9.17) is 0 Å². The lowest BCUT2D eigenvalue weighted by atomic mass is 10.3. The zero-order chi connectivity index (χ0) is 26.9. The van der Waals surface area contributed by atoms with Gasteiger partial charge in [0.15, 0.2) is 0 Å². The van der Waals surface area contributed by atoms with Crippen molar-refractivity contribution < 1.29 is 78.2 Å². The van der Waals surface area contributed by atoms with Gasteiger partial charge in [0.2, 0.25) is 0 Å². The molecule has 0 aromatic heterocycles. The van der Waals surface area contributed by atoms with E-state index in [0.717, 1.165) is 0 Å². The van der Waals surface area contributed by atoms with Gasteiger partial charge in [0.05, 0.1) is 26.2 Å². The molecule has 0 aromatic carbocycles. The molecule has 0 aliphatic carbocycles. The monoisotopic (exact) mass is 511 g/mol. The summed E-state index contributed by atoms with van der Waals surface area (Å²) in [5.41, 5.74) is 0. The van der Waals surface area contributed by atoms with E-state index in [1.54, 1.807) is 0 Å². The first-order chi connectivity index (χ1) is 13.2. The summed E-state index contributed by atoms with van der Waals surface area (Å²) in [4.78, 5) is 0. The van der Waals surface area contributed by atoms with E-state index in [-0.39, 0.29) is 0 Å². The van der Waals surface area contributed by atoms with Crippen molar-refractivity contribution in [1.82, 2.24) is 0 Å². The van der Waals surface area contributed by atoms with Gasteiger partial charge in [0.1, 0.15) is 0 Å². The predicted octanol–water partition coefficient (Wildman–Crippen LogP) is 7.60. The van der Waals surface area contributed by atoms with Gasteiger partial charge < -0.3 is 56.3 Å². The molecule has 21 heteroatoms. The van der Waals surface area contributed by atoms with Gasteiger partial charge >= 0.3 is 34.4 Å². The van der Waals surface area contributed by atoms with Gasteiger partial charge in [-0.15, -0.1) is 0 Å². The van der Waals surface area contributed by atoms with Crippen molar-refractivity contribution in [2.75, 3.05) is 26.2 Å². The fraction of sp³-hybridized carbons (Fsp3) is 1.00. The summed E-state index contributed by atoms with van der Waals surface area (Å²) >= 11 is 0. The number of hydrogen-bond donors (Lipinski definition) is 0. The fourth-order valence-electron chi connectivity index (χ4n) is 1.34. The summed E-state index contributed by atoms with van der Waals surface area (Å²) in [7, 11) is -18.0. The van der Waals surface area contributed by atoms with Crippen molar-refractivity contribution in [1.29, 1.82) is 0 Å². The minimum atomic E-state index is -6.00. The van der Waals surface area contributed by atoms with E-state index in [1.165, 1.54) is 30.7 Å². The highest BCUT2D eigenvalue weighted by atomic mass is 19.5. The minimum absolute atomic E-state index is 1.28. The second kappa shape index (κ2) is 17.5. The number of rotatable bonds is 4. The number of nitrogens with zero attached hydrogens (tertiary/aromatic N) is 1. The van der Waals surface area contributed by atoms with Gasteiger partial charge in [-0.05, 0) is 27.7 Å². The Morgan fingerprint density at radius 2 is 0.613 bits per heavy atom. The Morgan fingerprint density at radius 3 is 0.613 bits per heavy atom. The van der Waals surface area contributed by atoms with Crippen LogP contribution in [0.5, 0.6) is 0 Å². The molecule has 0 saturated carbocycles. The Kier molecular flexibility index (Phi) is 22.8. The van der Waals surface area contributed by atoms with E-state index < -0.39 is 34.4 Å². The van der Waals surface area contributed by atoms with E-state index >= 15 is 0 Å². The van der Waals surface area contributed by atoms with Crippen LogP contribution in [0.2, 0.25) is 0 Å². The molecule has 31 heavy (non-hydrogen) atoms. The maximum atomic E-state index is 10.4. The summed E-state index contributed by atoms with van der Waals surface area (Å²) in [6.45, 7) is 14.2. The van der Waals surface area contributed by atoms with Crippen LogP contribution in [0.15, 0.2) is 0 Å². The average Bonchev–Trinajstić information content (AvgIpc) is 2.44. The van der Waals surface area contributed by atoms with E-state index in [9.17, 15) is 73.7 Å². The first-order valence-electron chi connectivity index (χ1n) is 8.00. The molecule has 0 bridgehead atoms. The molecule has 0 heterocycles. The first kappa shape index (κ1) is 40.3. The smallest absolute Gasteiger partial charge is 0.418 e. The van der Waals surface area contributed by atoms with Crippen molar-refractivity contribution in [2.45, 2.75) is 40.3 Å². The molecule has 196 valence electrons. The van der Waals surface area contributed by atoms with Gasteiger partial charge in [-0.3, -0.25) is 0 Å². The van der Waals surface area contributed by atoms with E-state index in [0.29, 0.717) is 0 Å². The van der Waals surface area contributed by atoms with Crippen LogP contribution >= 0.6 is 0 Å². The third-order valence-electron chi connectivity index (χ3n) is 2.93. The van der Waals surface area contributed by atoms with E-state index in [1.807, 2.05) is 0 Å². The van der Waals surface area contributed by atoms with Crippen LogP contribution in [-0.2, 0) is 0 Å². The molecule has 0 rings (SSSR count). The van der Waals surface area contributed by atoms with Crippen molar-refractivity contribution >= 4 is 21.8 Å². The van der Waals surface area contributed by atoms with Gasteiger partial charge in [-0.25, -0.2) is 8.78 Å². The minimum Gasteiger partial charge on any atom is -0.418 e. The quantitative estimate of drug-likeness (QED) is 0.208. The molecule has 0 unspecified atom stereocenters. The molecule has 0 aromatic rings. The summed E-state index contributed by atoms with van der Waals surface area (Å²) in [5.74, 6) is 0. The third-order valence-corrected chi connectivity index (χ3v) is 2.93. The van der Waals surface area contributed by atoms with Gasteiger partial charge in [-0.2, -0.15) is 13.2 Å². The van der Waals surface area contributed by atoms with Crippen LogP contribution in [0.4, 0.5) is 73.7 Å². The van der Waals surface area contributed by atoms with Gasteiger partial charge in [-0.1, -0.05) is 0 Å². The lowest BCUT2D eigenvalue weighted by molar-refractivity contribution is -0.921. The zero-order valence-corrected chi connectivity index (χ0v) is 16.5. The van der Waals surface area contributed by atoms with Crippen LogP contribution < -0.4 is 0 Å². The maximum Gasteiger partial charge on any atom is 0.673 e. The SMILES string of the molecule is CC[N+](CC)(CC)CC.FC(F)C(F)(F)F.F[B-](F)(F)F.F[B-](F)(F)F.F[B-](F)(F)F. The summed E-state index contributed by atoms with van der Waals surface area (Å²) in [6.07, 6.45) is -9.53. The molecular formula is C10H21B3F17N-2. The topological polar surface area (TPSA) is 0 Å². The summed E-state index contributed by atoms with van der Waals surface area (Å²) in [5, 5.41) is 0. The van der Waals surface area contributed by atoms with Crippen molar-refractivity contribution in [2.24, 2.45) is 0 Å². The van der Waals surface area contributed by atoms with Crippen molar-refractivity contribution in [3.05, 3.63) is 0 Å². The predicted molar refractivity (Wildman–Crippen MR) is 85.0 cm³/mol. The number of halogens is 17. The Bertz CT molecular complexity index is 322. The average molecular weight is 511 g/mol. The second-order valence-electron chi connectivity index (χ2n) is 4.93. The number of alkyl halides is 5. The van der Waals surface area contributed by atoms with Crippen LogP contribution in [0, 0.1) is 0 Å². The normalized spacial score (nSPS) is 12.2.